The molecule has 38 heavy (non-hydrogen) atoms. The minimum absolute atomic E-state index is 0. The summed E-state index contributed by atoms with van der Waals surface area (Å²) in [7, 11) is 0. The second-order valence-corrected chi connectivity index (χ2v) is 8.98. The van der Waals surface area contributed by atoms with Gasteiger partial charge in [-0.1, -0.05) is 23.7 Å². The molecule has 0 radical (unpaired) electrons. The highest BCUT2D eigenvalue weighted by Crippen LogP contribution is 2.37. The highest BCUT2D eigenvalue weighted by Gasteiger charge is 2.22. The number of aryl methyl sites for hydroxylation is 1. The highest BCUT2D eigenvalue weighted by molar-refractivity contribution is 6.30. The molecule has 0 saturated heterocycles. The Morgan fingerprint density at radius 2 is 1.97 bits per heavy atom. The Morgan fingerprint density at radius 3 is 2.61 bits per heavy atom. The molecule has 0 bridgehead atoms. The molecule has 4 rings (SSSR count). The lowest BCUT2D eigenvalue weighted by molar-refractivity contribution is -0.111. The van der Waals surface area contributed by atoms with Crippen LogP contribution in [0, 0.1) is 18.3 Å². The van der Waals surface area contributed by atoms with Crippen molar-refractivity contribution in [3.63, 3.8) is 0 Å². The second-order valence-electron chi connectivity index (χ2n) is 8.55. The van der Waals surface area contributed by atoms with Gasteiger partial charge in [0.25, 0.3) is 5.91 Å². The number of anilines is 2. The van der Waals surface area contributed by atoms with Crippen LogP contribution in [0.25, 0.3) is 22.4 Å². The van der Waals surface area contributed by atoms with Crippen LogP contribution in [0.15, 0.2) is 65.3 Å². The SMILES string of the molecule is Cc1ccoc1C(=O)Nc1nc(-c2ccc(Cl)cc2O)cc(-c2cccc(N[C@](C)(N)C=O)c2)c1C#N.Cl. The number of pyridine rings is 1. The van der Waals surface area contributed by atoms with Gasteiger partial charge in [0.05, 0.1) is 12.0 Å². The molecule has 9 nitrogen and oxygen atoms in total. The molecule has 2 aromatic heterocycles. The summed E-state index contributed by atoms with van der Waals surface area (Å²) in [6.07, 6.45) is 1.97. The van der Waals surface area contributed by atoms with Crippen molar-refractivity contribution in [1.82, 2.24) is 4.98 Å². The van der Waals surface area contributed by atoms with E-state index in [1.165, 1.54) is 19.3 Å². The number of nitrogens with one attached hydrogen (secondary N) is 2. The van der Waals surface area contributed by atoms with Crippen LogP contribution < -0.4 is 16.4 Å². The molecule has 2 heterocycles. The van der Waals surface area contributed by atoms with E-state index in [-0.39, 0.29) is 41.0 Å². The predicted molar refractivity (Wildman–Crippen MR) is 147 cm³/mol. The van der Waals surface area contributed by atoms with Crippen LogP contribution in [-0.2, 0) is 4.79 Å². The molecule has 11 heteroatoms. The van der Waals surface area contributed by atoms with E-state index < -0.39 is 11.6 Å². The summed E-state index contributed by atoms with van der Waals surface area (Å²) < 4.78 is 5.28. The molecule has 2 aromatic carbocycles. The number of carbonyl (C=O) groups excluding carboxylic acids is 2. The lowest BCUT2D eigenvalue weighted by Crippen LogP contribution is -2.46. The fourth-order valence-corrected chi connectivity index (χ4v) is 3.88. The van der Waals surface area contributed by atoms with Gasteiger partial charge in [-0.15, -0.1) is 12.4 Å². The first kappa shape index (κ1) is 28.2. The topological polar surface area (TPSA) is 154 Å². The molecular weight excluding hydrogens is 529 g/mol. The lowest BCUT2D eigenvalue weighted by Gasteiger charge is -2.21. The average Bonchev–Trinajstić information content (AvgIpc) is 3.29. The number of amides is 1. The molecule has 5 N–H and O–H groups in total. The van der Waals surface area contributed by atoms with Crippen molar-refractivity contribution >= 4 is 47.7 Å². The summed E-state index contributed by atoms with van der Waals surface area (Å²) in [4.78, 5) is 28.7. The fraction of sp³-hybridized carbons (Fsp3) is 0.111. The van der Waals surface area contributed by atoms with Crippen LogP contribution in [0.5, 0.6) is 5.75 Å². The molecule has 0 fully saturated rings. The Bertz CT molecular complexity index is 1560. The molecule has 0 saturated carbocycles. The van der Waals surface area contributed by atoms with Crippen LogP contribution in [0.1, 0.15) is 28.6 Å². The van der Waals surface area contributed by atoms with Crippen LogP contribution in [0.2, 0.25) is 5.02 Å². The smallest absolute Gasteiger partial charge is 0.292 e. The number of nitrogens with two attached hydrogens (primary N) is 1. The standard InChI is InChI=1S/C27H22ClN5O4.ClH/c1-15-8-9-37-24(15)26(36)32-25-21(13-29)20(12-22(31-25)19-7-6-17(28)11-23(19)35)16-4-3-5-18(10-16)33-27(2,30)14-34;/h3-12,14,33,35H,30H2,1-2H3,(H,31,32,36);1H/t27-;/m0./s1. The molecule has 0 aliphatic carbocycles. The van der Waals surface area contributed by atoms with Crippen molar-refractivity contribution in [2.24, 2.45) is 5.73 Å². The molecule has 4 aromatic rings. The summed E-state index contributed by atoms with van der Waals surface area (Å²) in [5, 5.41) is 26.5. The van der Waals surface area contributed by atoms with Gasteiger partial charge in [-0.3, -0.25) is 9.59 Å². The van der Waals surface area contributed by atoms with E-state index in [1.54, 1.807) is 55.5 Å². The number of aromatic nitrogens is 1. The molecule has 0 spiro atoms. The molecule has 0 unspecified atom stereocenters. The minimum Gasteiger partial charge on any atom is -0.507 e. The summed E-state index contributed by atoms with van der Waals surface area (Å²) in [6, 6.07) is 16.8. The van der Waals surface area contributed by atoms with Crippen molar-refractivity contribution in [3.8, 4) is 34.2 Å². The number of nitrogens with zero attached hydrogens (tertiary/aromatic N) is 2. The molecule has 0 aliphatic rings. The predicted octanol–water partition coefficient (Wildman–Crippen LogP) is 5.51. The number of phenolic OH excluding ortho intramolecular Hbond substituents is 1. The van der Waals surface area contributed by atoms with Gasteiger partial charge in [0.2, 0.25) is 0 Å². The van der Waals surface area contributed by atoms with Gasteiger partial charge in [-0.2, -0.15) is 5.26 Å². The zero-order chi connectivity index (χ0) is 26.7. The Balaban J connectivity index is 0.00000400. The number of carbonyl (C=O) groups is 2. The number of nitriles is 1. The van der Waals surface area contributed by atoms with Crippen molar-refractivity contribution in [1.29, 1.82) is 5.26 Å². The number of benzene rings is 2. The van der Waals surface area contributed by atoms with E-state index in [1.807, 2.05) is 0 Å². The van der Waals surface area contributed by atoms with Gasteiger partial charge in [0.1, 0.15) is 23.0 Å². The van der Waals surface area contributed by atoms with Gasteiger partial charge in [0.15, 0.2) is 17.9 Å². The molecule has 1 amide bonds. The first-order valence-electron chi connectivity index (χ1n) is 11.0. The van der Waals surface area contributed by atoms with Crippen molar-refractivity contribution in [2.75, 3.05) is 10.6 Å². The van der Waals surface area contributed by atoms with E-state index in [9.17, 15) is 20.0 Å². The number of hydrogen-bond donors (Lipinski definition) is 4. The third kappa shape index (κ3) is 5.95. The van der Waals surface area contributed by atoms with E-state index in [0.717, 1.165) is 0 Å². The van der Waals surface area contributed by atoms with Crippen LogP contribution in [0.3, 0.4) is 0 Å². The quantitative estimate of drug-likeness (QED) is 0.173. The summed E-state index contributed by atoms with van der Waals surface area (Å²) in [5.41, 5.74) is 7.45. The number of halogens is 2. The summed E-state index contributed by atoms with van der Waals surface area (Å²) in [6.45, 7) is 3.24. The maximum atomic E-state index is 12.9. The van der Waals surface area contributed by atoms with Crippen LogP contribution in [-0.4, -0.2) is 27.9 Å². The number of rotatable bonds is 7. The number of hydrogen-bond acceptors (Lipinski definition) is 8. The van der Waals surface area contributed by atoms with E-state index in [4.69, 9.17) is 21.8 Å². The fourth-order valence-electron chi connectivity index (χ4n) is 3.71. The monoisotopic (exact) mass is 551 g/mol. The minimum atomic E-state index is -1.31. The van der Waals surface area contributed by atoms with Gasteiger partial charge < -0.3 is 25.9 Å². The molecule has 194 valence electrons. The third-order valence-electron chi connectivity index (χ3n) is 5.50. The average molecular weight is 552 g/mol. The first-order valence-corrected chi connectivity index (χ1v) is 11.4. The summed E-state index contributed by atoms with van der Waals surface area (Å²) >= 11 is 6.00. The Morgan fingerprint density at radius 1 is 1.21 bits per heavy atom. The second kappa shape index (κ2) is 11.4. The van der Waals surface area contributed by atoms with E-state index in [0.29, 0.717) is 39.2 Å². The highest BCUT2D eigenvalue weighted by atomic mass is 35.5. The first-order chi connectivity index (χ1) is 17.6. The van der Waals surface area contributed by atoms with Crippen molar-refractivity contribution in [3.05, 3.63) is 82.8 Å². The van der Waals surface area contributed by atoms with Crippen molar-refractivity contribution in [2.45, 2.75) is 19.5 Å². The van der Waals surface area contributed by atoms with Gasteiger partial charge in [-0.05, 0) is 61.9 Å². The lowest BCUT2D eigenvalue weighted by atomic mass is 9.97. The largest absolute Gasteiger partial charge is 0.507 e. The zero-order valence-corrected chi connectivity index (χ0v) is 21.9. The Kier molecular flexibility index (Phi) is 8.43. The van der Waals surface area contributed by atoms with Gasteiger partial charge >= 0.3 is 0 Å². The molecule has 1 atom stereocenters. The Hall–Kier alpha value is -4.36. The van der Waals surface area contributed by atoms with Crippen molar-refractivity contribution < 1.29 is 19.1 Å². The zero-order valence-electron chi connectivity index (χ0n) is 20.3. The summed E-state index contributed by atoms with van der Waals surface area (Å²) in [5.74, 6) is -0.667. The van der Waals surface area contributed by atoms with Gasteiger partial charge in [0, 0.05) is 27.4 Å². The van der Waals surface area contributed by atoms with Crippen LogP contribution >= 0.6 is 24.0 Å². The number of aromatic hydroxyl groups is 1. The number of furan rings is 1. The van der Waals surface area contributed by atoms with E-state index in [2.05, 4.69) is 21.7 Å². The normalized spacial score (nSPS) is 12.0. The number of phenols is 1. The molecular formula is C27H23Cl2N5O4. The maximum Gasteiger partial charge on any atom is 0.292 e. The molecule has 0 aliphatic heterocycles. The third-order valence-corrected chi connectivity index (χ3v) is 5.73. The Labute approximate surface area is 229 Å². The number of aldehydes is 1. The van der Waals surface area contributed by atoms with Crippen LogP contribution in [0.4, 0.5) is 11.5 Å². The maximum absolute atomic E-state index is 12.9. The van der Waals surface area contributed by atoms with Gasteiger partial charge in [-0.25, -0.2) is 4.98 Å². The van der Waals surface area contributed by atoms with E-state index >= 15 is 0 Å².